The average molecular weight is 455 g/mol. The number of thioether (sulfide) groups is 1. The predicted molar refractivity (Wildman–Crippen MR) is 127 cm³/mol. The van der Waals surface area contributed by atoms with Gasteiger partial charge < -0.3 is 5.32 Å². The molecule has 2 heterocycles. The van der Waals surface area contributed by atoms with Gasteiger partial charge in [-0.3, -0.25) is 14.6 Å². The van der Waals surface area contributed by atoms with E-state index in [1.165, 1.54) is 11.8 Å². The van der Waals surface area contributed by atoms with E-state index in [-0.39, 0.29) is 17.7 Å². The van der Waals surface area contributed by atoms with Gasteiger partial charge in [0, 0.05) is 16.3 Å². The molecule has 1 N–H and O–H groups in total. The van der Waals surface area contributed by atoms with Crippen molar-refractivity contribution in [2.24, 2.45) is 15.9 Å². The van der Waals surface area contributed by atoms with Crippen LogP contribution in [-0.4, -0.2) is 39.0 Å². The van der Waals surface area contributed by atoms with Crippen LogP contribution in [0.25, 0.3) is 0 Å². The Balaban J connectivity index is 1.62. The predicted octanol–water partition coefficient (Wildman–Crippen LogP) is 5.11. The van der Waals surface area contributed by atoms with E-state index in [1.54, 1.807) is 29.2 Å². The molecule has 0 saturated heterocycles. The van der Waals surface area contributed by atoms with Crippen molar-refractivity contribution in [3.05, 3.63) is 59.1 Å². The smallest absolute Gasteiger partial charge is 0.259 e. The Morgan fingerprint density at radius 2 is 1.90 bits per heavy atom. The molecule has 2 unspecified atom stereocenters. The second kappa shape index (κ2) is 8.85. The maximum absolute atomic E-state index is 13.2. The summed E-state index contributed by atoms with van der Waals surface area (Å²) in [5.74, 6) is 0.435. The lowest BCUT2D eigenvalue weighted by Gasteiger charge is -2.27. The monoisotopic (exact) mass is 454 g/mol. The summed E-state index contributed by atoms with van der Waals surface area (Å²) in [7, 11) is 0. The van der Waals surface area contributed by atoms with Gasteiger partial charge in [-0.1, -0.05) is 56.3 Å². The quantitative estimate of drug-likeness (QED) is 0.682. The SMILES string of the molecule is CCC(SC1=Nc2ccccc2C2=NC(C(C)C)C(=O)N12)C(=O)Nc1ccc(Cl)cc1. The fourth-order valence-electron chi connectivity index (χ4n) is 3.49. The zero-order valence-corrected chi connectivity index (χ0v) is 19.1. The lowest BCUT2D eigenvalue weighted by molar-refractivity contribution is -0.125. The fourth-order valence-corrected chi connectivity index (χ4v) is 4.63. The Morgan fingerprint density at radius 1 is 1.19 bits per heavy atom. The number of rotatable bonds is 5. The van der Waals surface area contributed by atoms with Crippen LogP contribution >= 0.6 is 23.4 Å². The number of nitrogens with zero attached hydrogens (tertiary/aromatic N) is 3. The van der Waals surface area contributed by atoms with Crippen molar-refractivity contribution >= 4 is 57.6 Å². The molecular weight excluding hydrogens is 432 g/mol. The molecule has 0 bridgehead atoms. The molecule has 160 valence electrons. The number of fused-ring (bicyclic) bond motifs is 3. The molecule has 0 aliphatic carbocycles. The number of benzene rings is 2. The molecule has 31 heavy (non-hydrogen) atoms. The van der Waals surface area contributed by atoms with Crippen molar-refractivity contribution in [1.29, 1.82) is 0 Å². The number of hydrogen-bond donors (Lipinski definition) is 1. The van der Waals surface area contributed by atoms with Gasteiger partial charge in [-0.05, 0) is 48.7 Å². The number of anilines is 1. The molecule has 8 heteroatoms. The van der Waals surface area contributed by atoms with E-state index < -0.39 is 11.3 Å². The molecule has 0 radical (unpaired) electrons. The lowest BCUT2D eigenvalue weighted by atomic mass is 10.1. The number of halogens is 1. The summed E-state index contributed by atoms with van der Waals surface area (Å²) < 4.78 is 0. The van der Waals surface area contributed by atoms with Gasteiger partial charge in [0.15, 0.2) is 5.17 Å². The molecule has 2 aromatic rings. The number of para-hydroxylation sites is 1. The van der Waals surface area contributed by atoms with E-state index >= 15 is 0 Å². The molecule has 0 saturated carbocycles. The normalized spacial score (nSPS) is 18.3. The fraction of sp³-hybridized carbons (Fsp3) is 0.304. The van der Waals surface area contributed by atoms with Crippen LogP contribution in [0, 0.1) is 5.92 Å². The van der Waals surface area contributed by atoms with E-state index in [9.17, 15) is 9.59 Å². The van der Waals surface area contributed by atoms with Crippen molar-refractivity contribution in [1.82, 2.24) is 4.90 Å². The van der Waals surface area contributed by atoms with E-state index in [2.05, 4.69) is 5.32 Å². The largest absolute Gasteiger partial charge is 0.325 e. The van der Waals surface area contributed by atoms with Crippen LogP contribution < -0.4 is 5.32 Å². The minimum atomic E-state index is -0.449. The summed E-state index contributed by atoms with van der Waals surface area (Å²) in [6.45, 7) is 5.90. The number of nitrogens with one attached hydrogen (secondary N) is 1. The zero-order chi connectivity index (χ0) is 22.1. The van der Waals surface area contributed by atoms with Crippen LogP contribution in [0.3, 0.4) is 0 Å². The third-order valence-corrected chi connectivity index (χ3v) is 6.72. The second-order valence-electron chi connectivity index (χ2n) is 7.74. The van der Waals surface area contributed by atoms with Crippen LogP contribution in [0.5, 0.6) is 0 Å². The van der Waals surface area contributed by atoms with Crippen molar-refractivity contribution in [2.75, 3.05) is 5.32 Å². The lowest BCUT2D eigenvalue weighted by Crippen LogP contribution is -2.43. The molecule has 2 atom stereocenters. The Morgan fingerprint density at radius 3 is 2.58 bits per heavy atom. The summed E-state index contributed by atoms with van der Waals surface area (Å²) in [5, 5.41) is 3.59. The Hall–Kier alpha value is -2.64. The van der Waals surface area contributed by atoms with Crippen LogP contribution in [0.1, 0.15) is 32.8 Å². The van der Waals surface area contributed by atoms with Crippen molar-refractivity contribution in [2.45, 2.75) is 38.5 Å². The molecule has 2 amide bonds. The van der Waals surface area contributed by atoms with Crippen LogP contribution in [-0.2, 0) is 9.59 Å². The molecule has 2 aliphatic rings. The molecule has 0 aromatic heterocycles. The first-order chi connectivity index (χ1) is 14.9. The van der Waals surface area contributed by atoms with Crippen molar-refractivity contribution in [3.8, 4) is 0 Å². The highest BCUT2D eigenvalue weighted by Gasteiger charge is 2.43. The summed E-state index contributed by atoms with van der Waals surface area (Å²) in [6, 6.07) is 14.2. The topological polar surface area (TPSA) is 74.1 Å². The van der Waals surface area contributed by atoms with E-state index in [0.717, 1.165) is 11.3 Å². The number of amides is 2. The Bertz CT molecular complexity index is 1080. The van der Waals surface area contributed by atoms with Crippen LogP contribution in [0.4, 0.5) is 11.4 Å². The zero-order valence-electron chi connectivity index (χ0n) is 17.5. The first-order valence-electron chi connectivity index (χ1n) is 10.2. The van der Waals surface area contributed by atoms with Gasteiger partial charge in [-0.15, -0.1) is 0 Å². The minimum Gasteiger partial charge on any atom is -0.325 e. The number of amidine groups is 2. The van der Waals surface area contributed by atoms with Gasteiger partial charge in [0.25, 0.3) is 5.91 Å². The first kappa shape index (κ1) is 21.6. The molecular formula is C23H23ClN4O2S. The van der Waals surface area contributed by atoms with Gasteiger partial charge in [-0.2, -0.15) is 0 Å². The van der Waals surface area contributed by atoms with E-state index in [1.807, 2.05) is 45.0 Å². The second-order valence-corrected chi connectivity index (χ2v) is 9.34. The summed E-state index contributed by atoms with van der Waals surface area (Å²) >= 11 is 7.22. The summed E-state index contributed by atoms with van der Waals surface area (Å²) in [4.78, 5) is 37.1. The van der Waals surface area contributed by atoms with Gasteiger partial charge in [0.05, 0.1) is 10.9 Å². The molecule has 0 fully saturated rings. The third kappa shape index (κ3) is 4.25. The molecule has 2 aromatic carbocycles. The highest BCUT2D eigenvalue weighted by Crippen LogP contribution is 2.36. The third-order valence-electron chi connectivity index (χ3n) is 5.15. The maximum atomic E-state index is 13.2. The Labute approximate surface area is 190 Å². The van der Waals surface area contributed by atoms with Crippen molar-refractivity contribution < 1.29 is 9.59 Å². The molecule has 2 aliphatic heterocycles. The average Bonchev–Trinajstić information content (AvgIpc) is 3.11. The van der Waals surface area contributed by atoms with E-state index in [0.29, 0.717) is 28.1 Å². The first-order valence-corrected chi connectivity index (χ1v) is 11.5. The Kier molecular flexibility index (Phi) is 6.16. The highest BCUT2D eigenvalue weighted by atomic mass is 35.5. The molecule has 4 rings (SSSR count). The highest BCUT2D eigenvalue weighted by molar-refractivity contribution is 8.15. The number of carbonyl (C=O) groups excluding carboxylic acids is 2. The standard InChI is InChI=1S/C23H23ClN4O2S/c1-4-18(21(29)25-15-11-9-14(24)10-12-15)31-23-26-17-8-6-5-7-16(17)20-27-19(13(2)3)22(30)28(20)23/h5-13,18-19H,4H2,1-3H3,(H,25,29). The van der Waals surface area contributed by atoms with Crippen LogP contribution in [0.15, 0.2) is 58.5 Å². The summed E-state index contributed by atoms with van der Waals surface area (Å²) in [5.41, 5.74) is 2.26. The molecule has 0 spiro atoms. The van der Waals surface area contributed by atoms with Gasteiger partial charge in [0.1, 0.15) is 11.9 Å². The number of hydrogen-bond acceptors (Lipinski definition) is 5. The van der Waals surface area contributed by atoms with Crippen molar-refractivity contribution in [3.63, 3.8) is 0 Å². The maximum Gasteiger partial charge on any atom is 0.259 e. The van der Waals surface area contributed by atoms with Crippen LogP contribution in [0.2, 0.25) is 5.02 Å². The van der Waals surface area contributed by atoms with Gasteiger partial charge in [-0.25, -0.2) is 9.89 Å². The number of carbonyl (C=O) groups is 2. The van der Waals surface area contributed by atoms with Gasteiger partial charge >= 0.3 is 0 Å². The summed E-state index contributed by atoms with van der Waals surface area (Å²) in [6.07, 6.45) is 0.576. The minimum absolute atomic E-state index is 0.0687. The number of aliphatic imine (C=N–C) groups is 2. The van der Waals surface area contributed by atoms with Gasteiger partial charge in [0.2, 0.25) is 5.91 Å². The van der Waals surface area contributed by atoms with E-state index in [4.69, 9.17) is 21.6 Å². The molecule has 6 nitrogen and oxygen atoms in total.